The molecule has 72 valence electrons. The van der Waals surface area contributed by atoms with Crippen molar-refractivity contribution in [2.75, 3.05) is 13.1 Å². The van der Waals surface area contributed by atoms with Crippen LogP contribution in [-0.2, 0) is 11.3 Å². The van der Waals surface area contributed by atoms with E-state index in [1.165, 1.54) is 0 Å². The smallest absolute Gasteiger partial charge is 0.240 e. The van der Waals surface area contributed by atoms with Gasteiger partial charge in [-0.05, 0) is 6.92 Å². The van der Waals surface area contributed by atoms with E-state index in [0.29, 0.717) is 19.6 Å². The summed E-state index contributed by atoms with van der Waals surface area (Å²) in [7, 11) is 0. The molecule has 5 heteroatoms. The molecule has 0 saturated heterocycles. The Morgan fingerprint density at radius 3 is 3.08 bits per heavy atom. The average Bonchev–Trinajstić information content (AvgIpc) is 2.48. The van der Waals surface area contributed by atoms with Gasteiger partial charge in [-0.3, -0.25) is 4.79 Å². The van der Waals surface area contributed by atoms with Crippen LogP contribution in [0.3, 0.4) is 0 Å². The monoisotopic (exact) mass is 182 g/mol. The van der Waals surface area contributed by atoms with Crippen LogP contribution >= 0.6 is 0 Å². The van der Waals surface area contributed by atoms with Gasteiger partial charge in [0.05, 0.1) is 0 Å². The third-order valence-corrected chi connectivity index (χ3v) is 1.70. The van der Waals surface area contributed by atoms with E-state index >= 15 is 0 Å². The molecule has 1 rings (SSSR count). The van der Waals surface area contributed by atoms with Gasteiger partial charge in [-0.15, -0.1) is 0 Å². The zero-order chi connectivity index (χ0) is 9.68. The highest BCUT2D eigenvalue weighted by Crippen LogP contribution is 1.93. The molecule has 0 saturated carbocycles. The number of nitrogens with zero attached hydrogens (tertiary/aromatic N) is 2. The van der Waals surface area contributed by atoms with Crippen molar-refractivity contribution in [1.82, 2.24) is 14.9 Å². The molecular weight excluding hydrogens is 168 g/mol. The highest BCUT2D eigenvalue weighted by Gasteiger charge is 2.02. The maximum absolute atomic E-state index is 11.2. The van der Waals surface area contributed by atoms with Crippen LogP contribution in [0.25, 0.3) is 0 Å². The van der Waals surface area contributed by atoms with Crippen LogP contribution in [-0.4, -0.2) is 28.5 Å². The van der Waals surface area contributed by atoms with Gasteiger partial charge >= 0.3 is 0 Å². The minimum Gasteiger partial charge on any atom is -0.353 e. The maximum atomic E-state index is 11.2. The van der Waals surface area contributed by atoms with E-state index in [0.717, 1.165) is 5.82 Å². The number of nitrogens with two attached hydrogens (primary N) is 1. The first-order valence-corrected chi connectivity index (χ1v) is 4.18. The zero-order valence-electron chi connectivity index (χ0n) is 7.66. The Kier molecular flexibility index (Phi) is 3.45. The summed E-state index contributed by atoms with van der Waals surface area (Å²) in [4.78, 5) is 15.2. The molecule has 0 aromatic carbocycles. The maximum Gasteiger partial charge on any atom is 0.240 e. The summed E-state index contributed by atoms with van der Waals surface area (Å²) in [6, 6.07) is 0. The highest BCUT2D eigenvalue weighted by atomic mass is 16.1. The van der Waals surface area contributed by atoms with Crippen molar-refractivity contribution in [3.8, 4) is 0 Å². The number of nitrogens with one attached hydrogen (secondary N) is 1. The first-order chi connectivity index (χ1) is 6.24. The molecule has 0 bridgehead atoms. The molecule has 0 fully saturated rings. The Morgan fingerprint density at radius 2 is 2.54 bits per heavy atom. The van der Waals surface area contributed by atoms with Crippen molar-refractivity contribution in [1.29, 1.82) is 0 Å². The number of amides is 1. The molecule has 0 aliphatic carbocycles. The number of hydrogen-bond donors (Lipinski definition) is 2. The van der Waals surface area contributed by atoms with Crippen LogP contribution in [0, 0.1) is 6.92 Å². The summed E-state index contributed by atoms with van der Waals surface area (Å²) in [6.45, 7) is 3.16. The number of rotatable bonds is 4. The van der Waals surface area contributed by atoms with Crippen molar-refractivity contribution in [2.45, 2.75) is 13.5 Å². The van der Waals surface area contributed by atoms with Gasteiger partial charge in [-0.25, -0.2) is 4.98 Å². The molecule has 5 nitrogen and oxygen atoms in total. The predicted octanol–water partition coefficient (Wildman–Crippen LogP) is -0.734. The van der Waals surface area contributed by atoms with Gasteiger partial charge in [0.15, 0.2) is 0 Å². The van der Waals surface area contributed by atoms with Gasteiger partial charge in [0.2, 0.25) is 5.91 Å². The fraction of sp³-hybridized carbons (Fsp3) is 0.500. The van der Waals surface area contributed by atoms with E-state index in [1.54, 1.807) is 17.0 Å². The lowest BCUT2D eigenvalue weighted by atomic mass is 10.5. The molecule has 0 atom stereocenters. The summed E-state index contributed by atoms with van der Waals surface area (Å²) >= 11 is 0. The normalized spacial score (nSPS) is 10.0. The second-order valence-corrected chi connectivity index (χ2v) is 2.74. The van der Waals surface area contributed by atoms with Crippen molar-refractivity contribution in [3.05, 3.63) is 18.2 Å². The van der Waals surface area contributed by atoms with Gasteiger partial charge in [-0.1, -0.05) is 0 Å². The van der Waals surface area contributed by atoms with E-state index in [2.05, 4.69) is 10.3 Å². The lowest BCUT2D eigenvalue weighted by Crippen LogP contribution is -2.31. The fourth-order valence-corrected chi connectivity index (χ4v) is 0.993. The summed E-state index contributed by atoms with van der Waals surface area (Å²) in [6.07, 6.45) is 3.45. The van der Waals surface area contributed by atoms with E-state index in [4.69, 9.17) is 5.73 Å². The third-order valence-electron chi connectivity index (χ3n) is 1.70. The van der Waals surface area contributed by atoms with Gasteiger partial charge in [0.1, 0.15) is 12.4 Å². The number of carbonyl (C=O) groups excluding carboxylic acids is 1. The van der Waals surface area contributed by atoms with Crippen molar-refractivity contribution in [3.63, 3.8) is 0 Å². The summed E-state index contributed by atoms with van der Waals surface area (Å²) in [5, 5.41) is 2.69. The molecule has 0 unspecified atom stereocenters. The fourth-order valence-electron chi connectivity index (χ4n) is 0.993. The van der Waals surface area contributed by atoms with Crippen LogP contribution in [0.5, 0.6) is 0 Å². The summed E-state index contributed by atoms with van der Waals surface area (Å²) in [5.41, 5.74) is 5.25. The van der Waals surface area contributed by atoms with Gasteiger partial charge in [-0.2, -0.15) is 0 Å². The molecule has 3 N–H and O–H groups in total. The van der Waals surface area contributed by atoms with Crippen LogP contribution in [0.1, 0.15) is 5.82 Å². The van der Waals surface area contributed by atoms with E-state index in [-0.39, 0.29) is 5.91 Å². The molecule has 0 aliphatic rings. The number of aryl methyl sites for hydroxylation is 1. The molecular formula is C8H14N4O. The number of hydrogen-bond acceptors (Lipinski definition) is 3. The molecule has 0 spiro atoms. The minimum atomic E-state index is -0.0356. The van der Waals surface area contributed by atoms with E-state index in [1.807, 2.05) is 6.92 Å². The Bertz CT molecular complexity index is 281. The predicted molar refractivity (Wildman–Crippen MR) is 49.0 cm³/mol. The standard InChI is InChI=1S/C8H14N4O/c1-7-10-4-5-12(7)6-8(13)11-3-2-9/h4-5H,2-3,6,9H2,1H3,(H,11,13). The summed E-state index contributed by atoms with van der Waals surface area (Å²) in [5.74, 6) is 0.800. The zero-order valence-corrected chi connectivity index (χ0v) is 7.66. The Balaban J connectivity index is 2.41. The van der Waals surface area contributed by atoms with Crippen LogP contribution in [0.15, 0.2) is 12.4 Å². The van der Waals surface area contributed by atoms with Crippen LogP contribution in [0.2, 0.25) is 0 Å². The molecule has 1 aromatic heterocycles. The molecule has 1 aromatic rings. The quantitative estimate of drug-likeness (QED) is 0.644. The minimum absolute atomic E-state index is 0.0356. The number of carbonyl (C=O) groups is 1. The number of aromatic nitrogens is 2. The lowest BCUT2D eigenvalue weighted by Gasteiger charge is -2.05. The molecule has 13 heavy (non-hydrogen) atoms. The largest absolute Gasteiger partial charge is 0.353 e. The topological polar surface area (TPSA) is 72.9 Å². The first kappa shape index (κ1) is 9.73. The Morgan fingerprint density at radius 1 is 1.77 bits per heavy atom. The van der Waals surface area contributed by atoms with Gasteiger partial charge in [0.25, 0.3) is 0 Å². The third kappa shape index (κ3) is 2.87. The average molecular weight is 182 g/mol. The van der Waals surface area contributed by atoms with Crippen molar-refractivity contribution >= 4 is 5.91 Å². The molecule has 0 radical (unpaired) electrons. The Labute approximate surface area is 76.9 Å². The SMILES string of the molecule is Cc1nccn1CC(=O)NCCN. The van der Waals surface area contributed by atoms with Crippen molar-refractivity contribution < 1.29 is 4.79 Å². The summed E-state index contributed by atoms with van der Waals surface area (Å²) < 4.78 is 1.78. The lowest BCUT2D eigenvalue weighted by molar-refractivity contribution is -0.121. The highest BCUT2D eigenvalue weighted by molar-refractivity contribution is 5.75. The van der Waals surface area contributed by atoms with Gasteiger partial charge < -0.3 is 15.6 Å². The Hall–Kier alpha value is -1.36. The van der Waals surface area contributed by atoms with E-state index in [9.17, 15) is 4.79 Å². The van der Waals surface area contributed by atoms with Crippen LogP contribution < -0.4 is 11.1 Å². The second kappa shape index (κ2) is 4.61. The van der Waals surface area contributed by atoms with Crippen molar-refractivity contribution in [2.24, 2.45) is 5.73 Å². The number of imidazole rings is 1. The van der Waals surface area contributed by atoms with E-state index < -0.39 is 0 Å². The molecule has 1 heterocycles. The molecule has 1 amide bonds. The molecule has 0 aliphatic heterocycles. The van der Waals surface area contributed by atoms with Gasteiger partial charge in [0, 0.05) is 25.5 Å². The second-order valence-electron chi connectivity index (χ2n) is 2.74. The first-order valence-electron chi connectivity index (χ1n) is 4.18. The van der Waals surface area contributed by atoms with Crippen LogP contribution in [0.4, 0.5) is 0 Å².